The Morgan fingerprint density at radius 1 is 1.30 bits per heavy atom. The van der Waals surface area contributed by atoms with Crippen LogP contribution in [0.25, 0.3) is 10.9 Å². The van der Waals surface area contributed by atoms with Gasteiger partial charge in [-0.15, -0.1) is 0 Å². The highest BCUT2D eigenvalue weighted by Crippen LogP contribution is 2.29. The summed E-state index contributed by atoms with van der Waals surface area (Å²) in [5.41, 5.74) is 3.32. The number of nitrogens with zero attached hydrogens (tertiary/aromatic N) is 2. The number of benzene rings is 1. The first kappa shape index (κ1) is 12.7. The van der Waals surface area contributed by atoms with Gasteiger partial charge >= 0.3 is 0 Å². The molecule has 100 valence electrons. The van der Waals surface area contributed by atoms with Crippen LogP contribution in [0.1, 0.15) is 23.0 Å². The Morgan fingerprint density at radius 3 is 2.95 bits per heavy atom. The number of nitrogens with one attached hydrogen (secondary N) is 1. The number of rotatable bonds is 3. The first-order valence-electron chi connectivity index (χ1n) is 6.24. The first-order chi connectivity index (χ1) is 9.65. The lowest BCUT2D eigenvalue weighted by Crippen LogP contribution is -1.98. The molecule has 2 heterocycles. The second-order valence-corrected chi connectivity index (χ2v) is 5.34. The highest BCUT2D eigenvalue weighted by molar-refractivity contribution is 7.10. The van der Waals surface area contributed by atoms with Crippen molar-refractivity contribution in [2.75, 3.05) is 5.32 Å². The fourth-order valence-electron chi connectivity index (χ4n) is 2.15. The number of Topliss-reactive ketones (excluding diaryl/α,β-unsaturated/α-hetero) is 1. The molecule has 0 spiro atoms. The third-order valence-electron chi connectivity index (χ3n) is 3.08. The van der Waals surface area contributed by atoms with E-state index in [1.54, 1.807) is 13.1 Å². The van der Waals surface area contributed by atoms with Gasteiger partial charge in [-0.3, -0.25) is 9.78 Å². The number of carbonyl (C=O) groups excluding carboxylic acids is 1. The quantitative estimate of drug-likeness (QED) is 0.740. The van der Waals surface area contributed by atoms with Gasteiger partial charge in [0.15, 0.2) is 5.78 Å². The van der Waals surface area contributed by atoms with E-state index in [4.69, 9.17) is 0 Å². The zero-order valence-corrected chi connectivity index (χ0v) is 12.0. The van der Waals surface area contributed by atoms with Crippen LogP contribution in [-0.2, 0) is 0 Å². The molecule has 0 aliphatic heterocycles. The van der Waals surface area contributed by atoms with Crippen molar-refractivity contribution < 1.29 is 4.79 Å². The first-order valence-corrected chi connectivity index (χ1v) is 7.01. The van der Waals surface area contributed by atoms with Crippen LogP contribution in [0.4, 0.5) is 10.7 Å². The Kier molecular flexibility index (Phi) is 3.20. The molecule has 0 aliphatic carbocycles. The molecule has 1 aromatic carbocycles. The summed E-state index contributed by atoms with van der Waals surface area (Å²) < 4.78 is 4.24. The Balaban J connectivity index is 1.99. The van der Waals surface area contributed by atoms with Crippen molar-refractivity contribution in [3.8, 4) is 0 Å². The Bertz CT molecular complexity index is 795. The molecule has 0 radical (unpaired) electrons. The predicted octanol–water partition coefficient (Wildman–Crippen LogP) is 3.95. The predicted molar refractivity (Wildman–Crippen MR) is 81.9 cm³/mol. The zero-order chi connectivity index (χ0) is 14.1. The summed E-state index contributed by atoms with van der Waals surface area (Å²) >= 11 is 1.31. The summed E-state index contributed by atoms with van der Waals surface area (Å²) in [5.74, 6) is 0.0289. The minimum absolute atomic E-state index is 0.0289. The maximum atomic E-state index is 11.7. The highest BCUT2D eigenvalue weighted by Gasteiger charge is 2.14. The summed E-state index contributed by atoms with van der Waals surface area (Å²) in [6, 6.07) is 9.84. The molecule has 0 saturated heterocycles. The molecule has 1 N–H and O–H groups in total. The zero-order valence-electron chi connectivity index (χ0n) is 11.2. The fourth-order valence-corrected chi connectivity index (χ4v) is 3.02. The van der Waals surface area contributed by atoms with Gasteiger partial charge in [0.2, 0.25) is 0 Å². The second-order valence-electron chi connectivity index (χ2n) is 4.56. The summed E-state index contributed by atoms with van der Waals surface area (Å²) in [6.07, 6.45) is 1.77. The number of fused-ring (bicyclic) bond motifs is 1. The van der Waals surface area contributed by atoms with Crippen molar-refractivity contribution in [1.29, 1.82) is 0 Å². The van der Waals surface area contributed by atoms with Gasteiger partial charge < -0.3 is 5.32 Å². The molecule has 4 nitrogen and oxygen atoms in total. The molecular weight excluding hydrogens is 270 g/mol. The summed E-state index contributed by atoms with van der Waals surface area (Å²) in [5, 5.41) is 5.12. The van der Waals surface area contributed by atoms with E-state index in [9.17, 15) is 4.79 Å². The minimum atomic E-state index is 0.0289. The Hall–Kier alpha value is -2.27. The minimum Gasteiger partial charge on any atom is -0.345 e. The number of aromatic nitrogens is 2. The molecule has 0 unspecified atom stereocenters. The van der Waals surface area contributed by atoms with Gasteiger partial charge in [-0.05, 0) is 49.6 Å². The fraction of sp³-hybridized carbons (Fsp3) is 0.133. The van der Waals surface area contributed by atoms with Crippen LogP contribution < -0.4 is 5.32 Å². The van der Waals surface area contributed by atoms with Crippen molar-refractivity contribution in [3.63, 3.8) is 0 Å². The van der Waals surface area contributed by atoms with E-state index >= 15 is 0 Å². The van der Waals surface area contributed by atoms with Gasteiger partial charge in [0, 0.05) is 17.3 Å². The van der Waals surface area contributed by atoms with Crippen LogP contribution >= 0.6 is 11.5 Å². The molecule has 3 aromatic rings. The molecule has 0 amide bonds. The van der Waals surface area contributed by atoms with Gasteiger partial charge in [0.25, 0.3) is 0 Å². The van der Waals surface area contributed by atoms with E-state index in [0.717, 1.165) is 27.3 Å². The Morgan fingerprint density at radius 2 is 2.15 bits per heavy atom. The third kappa shape index (κ3) is 2.28. The van der Waals surface area contributed by atoms with E-state index in [1.165, 1.54) is 11.5 Å². The maximum absolute atomic E-state index is 11.7. The molecule has 2 aromatic heterocycles. The largest absolute Gasteiger partial charge is 0.345 e. The topological polar surface area (TPSA) is 54.9 Å². The van der Waals surface area contributed by atoms with Crippen molar-refractivity contribution >= 4 is 38.9 Å². The molecule has 0 saturated carbocycles. The molecule has 20 heavy (non-hydrogen) atoms. The lowest BCUT2D eigenvalue weighted by atomic mass is 10.1. The van der Waals surface area contributed by atoms with E-state index in [-0.39, 0.29) is 5.78 Å². The highest BCUT2D eigenvalue weighted by atomic mass is 32.1. The Labute approximate surface area is 120 Å². The van der Waals surface area contributed by atoms with E-state index in [2.05, 4.69) is 14.7 Å². The molecule has 0 bridgehead atoms. The van der Waals surface area contributed by atoms with E-state index < -0.39 is 0 Å². The van der Waals surface area contributed by atoms with Gasteiger partial charge in [-0.25, -0.2) is 0 Å². The van der Waals surface area contributed by atoms with Crippen molar-refractivity contribution in [3.05, 3.63) is 47.8 Å². The number of aryl methyl sites for hydroxylation is 1. The van der Waals surface area contributed by atoms with Gasteiger partial charge in [-0.1, -0.05) is 6.07 Å². The molecule has 0 aliphatic rings. The average molecular weight is 283 g/mol. The van der Waals surface area contributed by atoms with Crippen molar-refractivity contribution in [2.24, 2.45) is 0 Å². The average Bonchev–Trinajstić information content (AvgIpc) is 2.79. The number of ketones is 1. The number of pyridine rings is 1. The smallest absolute Gasteiger partial charge is 0.164 e. The normalized spacial score (nSPS) is 10.7. The van der Waals surface area contributed by atoms with Crippen molar-refractivity contribution in [2.45, 2.75) is 13.8 Å². The third-order valence-corrected chi connectivity index (χ3v) is 3.93. The summed E-state index contributed by atoms with van der Waals surface area (Å²) in [6.45, 7) is 3.41. The SMILES string of the molecule is CC(=O)c1c(C)nsc1Nc1ccc2ncccc2c1. The van der Waals surface area contributed by atoms with Crippen LogP contribution in [0.2, 0.25) is 0 Å². The summed E-state index contributed by atoms with van der Waals surface area (Å²) in [7, 11) is 0. The van der Waals surface area contributed by atoms with E-state index in [0.29, 0.717) is 5.56 Å². The molecule has 0 fully saturated rings. The lowest BCUT2D eigenvalue weighted by molar-refractivity contribution is 0.101. The monoisotopic (exact) mass is 283 g/mol. The van der Waals surface area contributed by atoms with Gasteiger partial charge in [0.05, 0.1) is 16.8 Å². The van der Waals surface area contributed by atoms with Crippen molar-refractivity contribution in [1.82, 2.24) is 9.36 Å². The standard InChI is InChI=1S/C15H13N3OS/c1-9-14(10(2)19)15(20-18-9)17-12-5-6-13-11(8-12)4-3-7-16-13/h3-8,17H,1-2H3. The number of hydrogen-bond donors (Lipinski definition) is 1. The maximum Gasteiger partial charge on any atom is 0.164 e. The van der Waals surface area contributed by atoms with Crippen LogP contribution in [0.15, 0.2) is 36.5 Å². The van der Waals surface area contributed by atoms with E-state index in [1.807, 2.05) is 37.3 Å². The lowest BCUT2D eigenvalue weighted by Gasteiger charge is -2.06. The molecular formula is C15H13N3OS. The van der Waals surface area contributed by atoms with Crippen LogP contribution in [-0.4, -0.2) is 15.1 Å². The number of hydrogen-bond acceptors (Lipinski definition) is 5. The summed E-state index contributed by atoms with van der Waals surface area (Å²) in [4.78, 5) is 16.0. The van der Waals surface area contributed by atoms with Gasteiger partial charge in [0.1, 0.15) is 5.00 Å². The molecule has 3 rings (SSSR count). The van der Waals surface area contributed by atoms with Crippen LogP contribution in [0.5, 0.6) is 0 Å². The van der Waals surface area contributed by atoms with Crippen LogP contribution in [0, 0.1) is 6.92 Å². The van der Waals surface area contributed by atoms with Crippen LogP contribution in [0.3, 0.4) is 0 Å². The molecule has 5 heteroatoms. The molecule has 0 atom stereocenters. The number of carbonyl (C=O) groups is 1. The number of anilines is 2. The van der Waals surface area contributed by atoms with Gasteiger partial charge in [-0.2, -0.15) is 4.37 Å². The second kappa shape index (κ2) is 5.02.